The van der Waals surface area contributed by atoms with Crippen LogP contribution in [0.15, 0.2) is 52.7 Å². The maximum Gasteiger partial charge on any atom is 0.263 e. The van der Waals surface area contributed by atoms with Crippen molar-refractivity contribution in [1.29, 1.82) is 0 Å². The summed E-state index contributed by atoms with van der Waals surface area (Å²) in [5.74, 6) is -0.0466. The van der Waals surface area contributed by atoms with Crippen molar-refractivity contribution in [2.24, 2.45) is 0 Å². The molecule has 0 atom stereocenters. The zero-order valence-corrected chi connectivity index (χ0v) is 19.2. The fourth-order valence-electron chi connectivity index (χ4n) is 3.69. The zero-order chi connectivity index (χ0) is 22.0. The van der Waals surface area contributed by atoms with Crippen LogP contribution in [0.3, 0.4) is 0 Å². The van der Waals surface area contributed by atoms with Crippen LogP contribution in [-0.2, 0) is 10.0 Å². The molecule has 0 bridgehead atoms. The summed E-state index contributed by atoms with van der Waals surface area (Å²) >= 11 is 1.25. The van der Waals surface area contributed by atoms with Gasteiger partial charge in [0.15, 0.2) is 5.13 Å². The van der Waals surface area contributed by atoms with Gasteiger partial charge in [-0.2, -0.15) is 0 Å². The number of piperidine rings is 1. The number of hydrogen-bond acceptors (Lipinski definition) is 5. The Morgan fingerprint density at radius 1 is 1.03 bits per heavy atom. The number of carbonyl (C=O) groups excluding carboxylic acids is 1. The molecule has 0 spiro atoms. The predicted molar refractivity (Wildman–Crippen MR) is 124 cm³/mol. The third-order valence-corrected chi connectivity index (χ3v) is 7.69. The number of aromatic nitrogens is 1. The molecule has 1 saturated heterocycles. The highest BCUT2D eigenvalue weighted by molar-refractivity contribution is 7.93. The summed E-state index contributed by atoms with van der Waals surface area (Å²) in [6.45, 7) is 5.53. The minimum atomic E-state index is -3.79. The number of amides is 1. The van der Waals surface area contributed by atoms with Gasteiger partial charge in [0, 0.05) is 29.6 Å². The molecule has 4 rings (SSSR count). The molecule has 0 saturated carbocycles. The monoisotopic (exact) mass is 455 g/mol. The number of thiazole rings is 1. The van der Waals surface area contributed by atoms with Crippen LogP contribution >= 0.6 is 11.3 Å². The Hall–Kier alpha value is -2.71. The molecular formula is C23H25N3O3S2. The lowest BCUT2D eigenvalue weighted by molar-refractivity contribution is 0.0724. The molecule has 31 heavy (non-hydrogen) atoms. The first-order chi connectivity index (χ1) is 14.8. The molecular weight excluding hydrogens is 430 g/mol. The molecule has 1 amide bonds. The highest BCUT2D eigenvalue weighted by Gasteiger charge is 2.21. The number of anilines is 1. The molecule has 0 aliphatic carbocycles. The van der Waals surface area contributed by atoms with Gasteiger partial charge in [-0.3, -0.25) is 9.52 Å². The Labute approximate surface area is 187 Å². The van der Waals surface area contributed by atoms with Gasteiger partial charge in [0.05, 0.1) is 10.6 Å². The van der Waals surface area contributed by atoms with Crippen LogP contribution < -0.4 is 4.72 Å². The van der Waals surface area contributed by atoms with E-state index in [1.807, 2.05) is 42.3 Å². The van der Waals surface area contributed by atoms with Crippen LogP contribution in [-0.4, -0.2) is 37.3 Å². The van der Waals surface area contributed by atoms with Gasteiger partial charge in [0.1, 0.15) is 0 Å². The first-order valence-electron chi connectivity index (χ1n) is 10.3. The summed E-state index contributed by atoms with van der Waals surface area (Å²) in [6, 6.07) is 12.2. The molecule has 1 aromatic heterocycles. The van der Waals surface area contributed by atoms with Crippen LogP contribution in [0.25, 0.3) is 11.3 Å². The third-order valence-electron chi connectivity index (χ3n) is 5.45. The number of aryl methyl sites for hydroxylation is 2. The largest absolute Gasteiger partial charge is 0.339 e. The molecule has 1 aliphatic heterocycles. The maximum atomic E-state index is 12.8. The van der Waals surface area contributed by atoms with Crippen LogP contribution in [0.5, 0.6) is 0 Å². The molecule has 162 valence electrons. The van der Waals surface area contributed by atoms with Gasteiger partial charge < -0.3 is 4.90 Å². The molecule has 1 fully saturated rings. The van der Waals surface area contributed by atoms with Gasteiger partial charge in [-0.1, -0.05) is 17.7 Å². The van der Waals surface area contributed by atoms with Gasteiger partial charge in [-0.15, -0.1) is 11.3 Å². The number of likely N-dealkylation sites (tertiary alicyclic amines) is 1. The van der Waals surface area contributed by atoms with Crippen molar-refractivity contribution in [1.82, 2.24) is 9.88 Å². The van der Waals surface area contributed by atoms with E-state index in [9.17, 15) is 13.2 Å². The Morgan fingerprint density at radius 2 is 1.74 bits per heavy atom. The average Bonchev–Trinajstić information content (AvgIpc) is 3.23. The smallest absolute Gasteiger partial charge is 0.263 e. The molecule has 3 aromatic rings. The number of hydrogen-bond donors (Lipinski definition) is 1. The van der Waals surface area contributed by atoms with Crippen molar-refractivity contribution < 1.29 is 13.2 Å². The third kappa shape index (κ3) is 4.80. The number of sulfonamides is 1. The van der Waals surface area contributed by atoms with E-state index in [1.165, 1.54) is 23.5 Å². The predicted octanol–water partition coefficient (Wildman–Crippen LogP) is 4.85. The first kappa shape index (κ1) is 21.5. The number of benzene rings is 2. The van der Waals surface area contributed by atoms with Crippen molar-refractivity contribution in [3.05, 3.63) is 64.5 Å². The summed E-state index contributed by atoms with van der Waals surface area (Å²) in [7, 11) is -3.79. The average molecular weight is 456 g/mol. The SMILES string of the molecule is Cc1ccc(C)c(-c2csc(NS(=O)(=O)c3ccc(C(=O)N4CCCCC4)cc3)n2)c1. The van der Waals surface area contributed by atoms with E-state index in [1.54, 1.807) is 12.1 Å². The normalized spacial score (nSPS) is 14.5. The molecule has 2 aromatic carbocycles. The highest BCUT2D eigenvalue weighted by Crippen LogP contribution is 2.29. The van der Waals surface area contributed by atoms with Gasteiger partial charge in [-0.05, 0) is 69.0 Å². The van der Waals surface area contributed by atoms with Gasteiger partial charge in [0.2, 0.25) is 0 Å². The second-order valence-electron chi connectivity index (χ2n) is 7.84. The van der Waals surface area contributed by atoms with E-state index in [-0.39, 0.29) is 10.8 Å². The minimum Gasteiger partial charge on any atom is -0.339 e. The summed E-state index contributed by atoms with van der Waals surface area (Å²) in [6.07, 6.45) is 3.18. The molecule has 2 heterocycles. The van der Waals surface area contributed by atoms with Crippen molar-refractivity contribution >= 4 is 32.4 Å². The van der Waals surface area contributed by atoms with E-state index < -0.39 is 10.0 Å². The molecule has 0 unspecified atom stereocenters. The zero-order valence-electron chi connectivity index (χ0n) is 17.6. The summed E-state index contributed by atoms with van der Waals surface area (Å²) in [5.41, 5.74) is 4.44. The second-order valence-corrected chi connectivity index (χ2v) is 10.4. The Bertz CT molecular complexity index is 1200. The van der Waals surface area contributed by atoms with E-state index in [4.69, 9.17) is 0 Å². The minimum absolute atomic E-state index is 0.0466. The van der Waals surface area contributed by atoms with Crippen molar-refractivity contribution in [2.45, 2.75) is 38.0 Å². The topological polar surface area (TPSA) is 79.4 Å². The number of nitrogens with one attached hydrogen (secondary N) is 1. The van der Waals surface area contributed by atoms with Crippen molar-refractivity contribution in [3.63, 3.8) is 0 Å². The van der Waals surface area contributed by atoms with Gasteiger partial charge in [0.25, 0.3) is 15.9 Å². The van der Waals surface area contributed by atoms with Crippen LogP contribution in [0, 0.1) is 13.8 Å². The summed E-state index contributed by atoms with van der Waals surface area (Å²) in [5, 5.41) is 2.16. The highest BCUT2D eigenvalue weighted by atomic mass is 32.2. The Morgan fingerprint density at radius 3 is 2.45 bits per heavy atom. The quantitative estimate of drug-likeness (QED) is 0.596. The van der Waals surface area contributed by atoms with Gasteiger partial charge >= 0.3 is 0 Å². The molecule has 6 nitrogen and oxygen atoms in total. The fourth-order valence-corrected chi connectivity index (χ4v) is 5.65. The molecule has 0 radical (unpaired) electrons. The number of carbonyl (C=O) groups is 1. The first-order valence-corrected chi connectivity index (χ1v) is 12.6. The molecule has 1 aliphatic rings. The van der Waals surface area contributed by atoms with Crippen molar-refractivity contribution in [3.8, 4) is 11.3 Å². The standard InChI is InChI=1S/C23H25N3O3S2/c1-16-6-7-17(2)20(14-16)21-15-30-23(24-21)25-31(28,29)19-10-8-18(9-11-19)22(27)26-12-4-3-5-13-26/h6-11,14-15H,3-5,12-13H2,1-2H3,(H,24,25). The lowest BCUT2D eigenvalue weighted by atomic mass is 10.0. The summed E-state index contributed by atoms with van der Waals surface area (Å²) in [4.78, 5) is 19.0. The van der Waals surface area contributed by atoms with E-state index in [2.05, 4.69) is 9.71 Å². The second kappa shape index (κ2) is 8.80. The summed E-state index contributed by atoms with van der Waals surface area (Å²) < 4.78 is 28.2. The van der Waals surface area contributed by atoms with E-state index >= 15 is 0 Å². The van der Waals surface area contributed by atoms with Crippen LogP contribution in [0.4, 0.5) is 5.13 Å². The number of rotatable bonds is 5. The Balaban J connectivity index is 1.50. The molecule has 1 N–H and O–H groups in total. The lowest BCUT2D eigenvalue weighted by Gasteiger charge is -2.26. The van der Waals surface area contributed by atoms with Crippen LogP contribution in [0.1, 0.15) is 40.7 Å². The van der Waals surface area contributed by atoms with Gasteiger partial charge in [-0.25, -0.2) is 13.4 Å². The lowest BCUT2D eigenvalue weighted by Crippen LogP contribution is -2.35. The maximum absolute atomic E-state index is 12.8. The van der Waals surface area contributed by atoms with E-state index in [0.29, 0.717) is 10.7 Å². The molecule has 8 heteroatoms. The van der Waals surface area contributed by atoms with Crippen molar-refractivity contribution in [2.75, 3.05) is 17.8 Å². The van der Waals surface area contributed by atoms with Crippen LogP contribution in [0.2, 0.25) is 0 Å². The fraction of sp³-hybridized carbons (Fsp3) is 0.304. The van der Waals surface area contributed by atoms with E-state index in [0.717, 1.165) is 54.7 Å². The Kier molecular flexibility index (Phi) is 6.11. The number of nitrogens with zero attached hydrogens (tertiary/aromatic N) is 2.